The molecule has 0 fully saturated rings. The molecule has 90 valence electrons. The highest BCUT2D eigenvalue weighted by Crippen LogP contribution is 2.16. The molecule has 0 rings (SSSR count). The van der Waals surface area contributed by atoms with Crippen LogP contribution in [0.1, 0.15) is 39.5 Å². The molecule has 2 heteroatoms. The summed E-state index contributed by atoms with van der Waals surface area (Å²) in [4.78, 5) is 2.32. The Labute approximate surface area is 103 Å². The minimum absolute atomic E-state index is 0.755. The Balaban J connectivity index is 3.72. The molecule has 0 aliphatic rings. The summed E-state index contributed by atoms with van der Waals surface area (Å²) in [6, 6.07) is 0. The van der Waals surface area contributed by atoms with Gasteiger partial charge in [0.2, 0.25) is 0 Å². The van der Waals surface area contributed by atoms with E-state index in [1.54, 1.807) is 0 Å². The molecule has 0 saturated carbocycles. The smallest absolute Gasteiger partial charge is 0.0657 e. The maximum atomic E-state index is 5.56. The van der Waals surface area contributed by atoms with E-state index >= 15 is 0 Å². The first kappa shape index (κ1) is 15.5. The standard InChI is InChI=1S/C14H26BN/c1-5-14(9-11-15)8-7-13(3)10-12-16(4)6-2/h5H,3,6-12H2,1-2,4H3/b14-5+. The van der Waals surface area contributed by atoms with E-state index in [1.807, 2.05) is 0 Å². The van der Waals surface area contributed by atoms with Gasteiger partial charge >= 0.3 is 0 Å². The first-order chi connectivity index (χ1) is 7.63. The fourth-order valence-corrected chi connectivity index (χ4v) is 1.57. The summed E-state index contributed by atoms with van der Waals surface area (Å²) in [5, 5.41) is 0. The minimum Gasteiger partial charge on any atom is -0.306 e. The van der Waals surface area contributed by atoms with Gasteiger partial charge in [0, 0.05) is 6.54 Å². The molecular weight excluding hydrogens is 193 g/mol. The van der Waals surface area contributed by atoms with Gasteiger partial charge in [-0.2, -0.15) is 0 Å². The summed E-state index contributed by atoms with van der Waals surface area (Å²) >= 11 is 0. The van der Waals surface area contributed by atoms with Crippen molar-refractivity contribution in [2.75, 3.05) is 20.1 Å². The van der Waals surface area contributed by atoms with E-state index in [1.165, 1.54) is 11.1 Å². The van der Waals surface area contributed by atoms with Gasteiger partial charge < -0.3 is 4.90 Å². The van der Waals surface area contributed by atoms with Crippen molar-refractivity contribution >= 4 is 7.85 Å². The molecule has 0 spiro atoms. The van der Waals surface area contributed by atoms with Gasteiger partial charge in [-0.3, -0.25) is 0 Å². The quantitative estimate of drug-likeness (QED) is 0.423. The summed E-state index contributed by atoms with van der Waals surface area (Å²) in [5.74, 6) is 0. The van der Waals surface area contributed by atoms with Crippen molar-refractivity contribution in [3.8, 4) is 0 Å². The Morgan fingerprint density at radius 3 is 2.44 bits per heavy atom. The normalized spacial score (nSPS) is 12.1. The van der Waals surface area contributed by atoms with Crippen LogP contribution in [0.3, 0.4) is 0 Å². The molecule has 0 aromatic heterocycles. The summed E-state index contributed by atoms with van der Waals surface area (Å²) in [6.45, 7) is 10.7. The molecule has 0 atom stereocenters. The monoisotopic (exact) mass is 219 g/mol. The molecule has 0 bridgehead atoms. The number of hydrogen-bond donors (Lipinski definition) is 0. The average Bonchev–Trinajstić information content (AvgIpc) is 2.31. The van der Waals surface area contributed by atoms with Gasteiger partial charge in [0.25, 0.3) is 0 Å². The third-order valence-electron chi connectivity index (χ3n) is 3.06. The van der Waals surface area contributed by atoms with Crippen molar-refractivity contribution in [2.24, 2.45) is 0 Å². The van der Waals surface area contributed by atoms with Gasteiger partial charge in [-0.15, -0.1) is 0 Å². The number of hydrogen-bond acceptors (Lipinski definition) is 1. The highest BCUT2D eigenvalue weighted by atomic mass is 15.1. The predicted molar refractivity (Wildman–Crippen MR) is 75.1 cm³/mol. The Bertz CT molecular complexity index is 221. The van der Waals surface area contributed by atoms with Crippen LogP contribution in [0.2, 0.25) is 6.32 Å². The second-order valence-corrected chi connectivity index (χ2v) is 4.38. The van der Waals surface area contributed by atoms with E-state index in [4.69, 9.17) is 7.85 Å². The predicted octanol–water partition coefficient (Wildman–Crippen LogP) is 3.59. The van der Waals surface area contributed by atoms with Crippen molar-refractivity contribution in [3.05, 3.63) is 23.8 Å². The molecule has 0 aromatic carbocycles. The average molecular weight is 219 g/mol. The van der Waals surface area contributed by atoms with Gasteiger partial charge in [-0.05, 0) is 46.2 Å². The Kier molecular flexibility index (Phi) is 9.41. The van der Waals surface area contributed by atoms with E-state index in [2.05, 4.69) is 38.5 Å². The lowest BCUT2D eigenvalue weighted by atomic mass is 9.93. The van der Waals surface area contributed by atoms with Crippen molar-refractivity contribution in [1.82, 2.24) is 4.90 Å². The third kappa shape index (κ3) is 7.75. The number of allylic oxidation sites excluding steroid dienone is 2. The van der Waals surface area contributed by atoms with Gasteiger partial charge in [-0.1, -0.05) is 37.0 Å². The lowest BCUT2D eigenvalue weighted by molar-refractivity contribution is 0.356. The number of nitrogens with zero attached hydrogens (tertiary/aromatic N) is 1. The maximum Gasteiger partial charge on any atom is 0.0657 e. The fraction of sp³-hybridized carbons (Fsp3) is 0.714. The second-order valence-electron chi connectivity index (χ2n) is 4.38. The van der Waals surface area contributed by atoms with Crippen LogP contribution >= 0.6 is 0 Å². The molecule has 0 aliphatic heterocycles. The molecule has 0 amide bonds. The zero-order chi connectivity index (χ0) is 12.4. The molecule has 0 heterocycles. The van der Waals surface area contributed by atoms with Crippen molar-refractivity contribution < 1.29 is 0 Å². The minimum atomic E-state index is 0.755. The molecular formula is C14H26BN. The van der Waals surface area contributed by atoms with Crippen LogP contribution in [0, 0.1) is 0 Å². The van der Waals surface area contributed by atoms with Crippen molar-refractivity contribution in [1.29, 1.82) is 0 Å². The Morgan fingerprint density at radius 1 is 1.25 bits per heavy atom. The van der Waals surface area contributed by atoms with Crippen LogP contribution in [0.4, 0.5) is 0 Å². The van der Waals surface area contributed by atoms with Crippen LogP contribution in [-0.4, -0.2) is 32.9 Å². The van der Waals surface area contributed by atoms with Crippen LogP contribution in [0.15, 0.2) is 23.8 Å². The lowest BCUT2D eigenvalue weighted by Crippen LogP contribution is -2.19. The van der Waals surface area contributed by atoms with Gasteiger partial charge in [0.05, 0.1) is 7.85 Å². The fourth-order valence-electron chi connectivity index (χ4n) is 1.57. The molecule has 0 aliphatic carbocycles. The first-order valence-electron chi connectivity index (χ1n) is 6.33. The van der Waals surface area contributed by atoms with Crippen LogP contribution in [0.25, 0.3) is 0 Å². The maximum absolute atomic E-state index is 5.56. The van der Waals surface area contributed by atoms with Gasteiger partial charge in [0.1, 0.15) is 0 Å². The van der Waals surface area contributed by atoms with Crippen LogP contribution < -0.4 is 0 Å². The molecule has 16 heavy (non-hydrogen) atoms. The summed E-state index contributed by atoms with van der Waals surface area (Å²) in [6.07, 6.45) is 7.32. The van der Waals surface area contributed by atoms with E-state index < -0.39 is 0 Å². The summed E-state index contributed by atoms with van der Waals surface area (Å²) in [7, 11) is 7.71. The van der Waals surface area contributed by atoms with Crippen LogP contribution in [-0.2, 0) is 0 Å². The SMILES string of the molecule is [B]CC/C(=C/C)CCC(=C)CCN(C)CC. The molecule has 0 saturated heterocycles. The topological polar surface area (TPSA) is 3.24 Å². The molecule has 0 N–H and O–H groups in total. The van der Waals surface area contributed by atoms with Crippen LogP contribution in [0.5, 0.6) is 0 Å². The zero-order valence-electron chi connectivity index (χ0n) is 11.3. The molecule has 0 unspecified atom stereocenters. The summed E-state index contributed by atoms with van der Waals surface area (Å²) in [5.41, 5.74) is 2.82. The Morgan fingerprint density at radius 2 is 1.94 bits per heavy atom. The van der Waals surface area contributed by atoms with Crippen molar-refractivity contribution in [3.63, 3.8) is 0 Å². The number of rotatable bonds is 9. The second kappa shape index (κ2) is 9.71. The summed E-state index contributed by atoms with van der Waals surface area (Å²) < 4.78 is 0. The molecule has 2 radical (unpaired) electrons. The Hall–Kier alpha value is -0.495. The molecule has 1 nitrogen and oxygen atoms in total. The van der Waals surface area contributed by atoms with E-state index in [9.17, 15) is 0 Å². The largest absolute Gasteiger partial charge is 0.306 e. The van der Waals surface area contributed by atoms with Gasteiger partial charge in [0.15, 0.2) is 0 Å². The molecule has 0 aromatic rings. The first-order valence-corrected chi connectivity index (χ1v) is 6.33. The lowest BCUT2D eigenvalue weighted by Gasteiger charge is -2.15. The van der Waals surface area contributed by atoms with Gasteiger partial charge in [-0.25, -0.2) is 0 Å². The third-order valence-corrected chi connectivity index (χ3v) is 3.06. The highest BCUT2D eigenvalue weighted by molar-refractivity contribution is 6.08. The van der Waals surface area contributed by atoms with Crippen molar-refractivity contribution in [2.45, 2.75) is 45.9 Å². The van der Waals surface area contributed by atoms with E-state index in [0.29, 0.717) is 0 Å². The highest BCUT2D eigenvalue weighted by Gasteiger charge is 2.00. The van der Waals surface area contributed by atoms with E-state index in [-0.39, 0.29) is 0 Å². The zero-order valence-corrected chi connectivity index (χ0v) is 11.3. The van der Waals surface area contributed by atoms with E-state index in [0.717, 1.165) is 45.1 Å².